The number of rotatable bonds is 4. The molecule has 1 saturated carbocycles. The lowest BCUT2D eigenvalue weighted by molar-refractivity contribution is -0.129. The molecule has 1 aromatic rings. The second-order valence-electron chi connectivity index (χ2n) is 6.35. The molecule has 3 nitrogen and oxygen atoms in total. The van der Waals surface area contributed by atoms with Crippen LogP contribution in [-0.2, 0) is 4.79 Å². The van der Waals surface area contributed by atoms with Gasteiger partial charge in [-0.25, -0.2) is 0 Å². The van der Waals surface area contributed by atoms with Gasteiger partial charge in [0.2, 0.25) is 5.91 Å². The minimum absolute atomic E-state index is 0.0605. The molecule has 2 rings (SSSR count). The molecule has 20 heavy (non-hydrogen) atoms. The van der Waals surface area contributed by atoms with Crippen LogP contribution in [0.15, 0.2) is 28.7 Å². The van der Waals surface area contributed by atoms with Crippen molar-refractivity contribution in [2.45, 2.75) is 51.7 Å². The van der Waals surface area contributed by atoms with Gasteiger partial charge in [-0.3, -0.25) is 4.79 Å². The summed E-state index contributed by atoms with van der Waals surface area (Å²) in [4.78, 5) is 12.1. The highest BCUT2D eigenvalue weighted by Crippen LogP contribution is 2.40. The van der Waals surface area contributed by atoms with Crippen molar-refractivity contribution in [3.05, 3.63) is 34.3 Å². The monoisotopic (exact) mass is 339 g/mol. The number of benzene rings is 1. The van der Waals surface area contributed by atoms with E-state index in [2.05, 4.69) is 28.2 Å². The minimum atomic E-state index is -0.309. The first-order valence-corrected chi connectivity index (χ1v) is 7.83. The van der Waals surface area contributed by atoms with Gasteiger partial charge in [0.05, 0.1) is 6.10 Å². The van der Waals surface area contributed by atoms with Gasteiger partial charge in [0.15, 0.2) is 0 Å². The van der Waals surface area contributed by atoms with E-state index in [0.717, 1.165) is 10.0 Å². The maximum Gasteiger partial charge on any atom is 0.220 e. The smallest absolute Gasteiger partial charge is 0.220 e. The Morgan fingerprint density at radius 1 is 1.45 bits per heavy atom. The minimum Gasteiger partial charge on any atom is -0.392 e. The van der Waals surface area contributed by atoms with Crippen LogP contribution in [0.3, 0.4) is 0 Å². The third-order valence-electron chi connectivity index (χ3n) is 4.48. The summed E-state index contributed by atoms with van der Waals surface area (Å²) in [5.41, 5.74) is 0.951. The Labute approximate surface area is 128 Å². The van der Waals surface area contributed by atoms with Gasteiger partial charge in [-0.1, -0.05) is 48.8 Å². The first kappa shape index (κ1) is 15.5. The van der Waals surface area contributed by atoms with Gasteiger partial charge in [0, 0.05) is 22.4 Å². The van der Waals surface area contributed by atoms with E-state index in [9.17, 15) is 9.90 Å². The van der Waals surface area contributed by atoms with Crippen molar-refractivity contribution < 1.29 is 9.90 Å². The summed E-state index contributed by atoms with van der Waals surface area (Å²) in [6, 6.07) is 8.16. The fourth-order valence-electron chi connectivity index (χ4n) is 2.59. The van der Waals surface area contributed by atoms with E-state index in [1.807, 2.05) is 38.1 Å². The average Bonchev–Trinajstić information content (AvgIpc) is 2.39. The van der Waals surface area contributed by atoms with E-state index >= 15 is 0 Å². The van der Waals surface area contributed by atoms with Crippen molar-refractivity contribution in [1.82, 2.24) is 5.32 Å². The SMILES string of the molecule is CC(CC(=O)NC1CC(O)C1(C)C)c1ccc(Br)cc1. The van der Waals surface area contributed by atoms with Crippen LogP contribution in [0.4, 0.5) is 0 Å². The summed E-state index contributed by atoms with van der Waals surface area (Å²) in [5.74, 6) is 0.251. The van der Waals surface area contributed by atoms with Gasteiger partial charge in [-0.15, -0.1) is 0 Å². The molecule has 0 spiro atoms. The number of amides is 1. The molecule has 0 aliphatic heterocycles. The molecule has 0 heterocycles. The number of hydrogen-bond donors (Lipinski definition) is 2. The normalized spacial score (nSPS) is 25.6. The van der Waals surface area contributed by atoms with Gasteiger partial charge in [-0.05, 0) is 30.0 Å². The van der Waals surface area contributed by atoms with Crippen molar-refractivity contribution >= 4 is 21.8 Å². The number of carbonyl (C=O) groups is 1. The molecule has 1 fully saturated rings. The fraction of sp³-hybridized carbons (Fsp3) is 0.562. The predicted octanol–water partition coefficient (Wildman–Crippen LogP) is 3.22. The Balaban J connectivity index is 1.87. The fourth-order valence-corrected chi connectivity index (χ4v) is 2.85. The molecule has 0 aromatic heterocycles. The Bertz CT molecular complexity index is 484. The number of aliphatic hydroxyl groups excluding tert-OH is 1. The second kappa shape index (κ2) is 5.86. The molecule has 4 heteroatoms. The number of carbonyl (C=O) groups excluding carboxylic acids is 1. The van der Waals surface area contributed by atoms with Gasteiger partial charge in [-0.2, -0.15) is 0 Å². The highest BCUT2D eigenvalue weighted by Gasteiger charge is 2.47. The van der Waals surface area contributed by atoms with Crippen LogP contribution >= 0.6 is 15.9 Å². The summed E-state index contributed by atoms with van der Waals surface area (Å²) in [6.07, 6.45) is 0.826. The number of aliphatic hydroxyl groups is 1. The standard InChI is InChI=1S/C16H22BrNO2/c1-10(11-4-6-12(17)7-5-11)8-15(20)18-13-9-14(19)16(13,2)3/h4-7,10,13-14,19H,8-9H2,1-3H3,(H,18,20). The molecular formula is C16H22BrNO2. The molecule has 110 valence electrons. The summed E-state index contributed by atoms with van der Waals surface area (Å²) < 4.78 is 1.04. The Hall–Kier alpha value is -0.870. The second-order valence-corrected chi connectivity index (χ2v) is 7.27. The predicted molar refractivity (Wildman–Crippen MR) is 83.5 cm³/mol. The third kappa shape index (κ3) is 3.23. The number of nitrogens with one attached hydrogen (secondary N) is 1. The van der Waals surface area contributed by atoms with Crippen LogP contribution in [0.1, 0.15) is 45.1 Å². The van der Waals surface area contributed by atoms with E-state index < -0.39 is 0 Å². The quantitative estimate of drug-likeness (QED) is 0.884. The van der Waals surface area contributed by atoms with Crippen molar-refractivity contribution in [2.24, 2.45) is 5.41 Å². The largest absolute Gasteiger partial charge is 0.392 e. The van der Waals surface area contributed by atoms with Gasteiger partial charge >= 0.3 is 0 Å². The van der Waals surface area contributed by atoms with E-state index in [4.69, 9.17) is 0 Å². The summed E-state index contributed by atoms with van der Waals surface area (Å²) >= 11 is 3.41. The lowest BCUT2D eigenvalue weighted by Crippen LogP contribution is -2.61. The van der Waals surface area contributed by atoms with Gasteiger partial charge in [0.25, 0.3) is 0 Å². The lowest BCUT2D eigenvalue weighted by Gasteiger charge is -2.49. The van der Waals surface area contributed by atoms with Crippen LogP contribution in [0.2, 0.25) is 0 Å². The summed E-state index contributed by atoms with van der Waals surface area (Å²) in [7, 11) is 0. The molecule has 0 bridgehead atoms. The Morgan fingerprint density at radius 2 is 2.05 bits per heavy atom. The highest BCUT2D eigenvalue weighted by atomic mass is 79.9. The highest BCUT2D eigenvalue weighted by molar-refractivity contribution is 9.10. The van der Waals surface area contributed by atoms with Crippen LogP contribution < -0.4 is 5.32 Å². The molecule has 3 atom stereocenters. The van der Waals surface area contributed by atoms with E-state index in [-0.39, 0.29) is 29.4 Å². The van der Waals surface area contributed by atoms with Crippen LogP contribution in [0.5, 0.6) is 0 Å². The molecule has 1 amide bonds. The first-order valence-electron chi connectivity index (χ1n) is 7.03. The van der Waals surface area contributed by atoms with E-state index in [0.29, 0.717) is 12.8 Å². The van der Waals surface area contributed by atoms with Crippen molar-refractivity contribution in [1.29, 1.82) is 0 Å². The number of hydrogen-bond acceptors (Lipinski definition) is 2. The van der Waals surface area contributed by atoms with E-state index in [1.165, 1.54) is 0 Å². The molecule has 3 unspecified atom stereocenters. The van der Waals surface area contributed by atoms with Crippen molar-refractivity contribution in [3.63, 3.8) is 0 Å². The van der Waals surface area contributed by atoms with Crippen LogP contribution in [0.25, 0.3) is 0 Å². The molecule has 1 aliphatic carbocycles. The zero-order valence-corrected chi connectivity index (χ0v) is 13.8. The lowest BCUT2D eigenvalue weighted by atomic mass is 9.64. The van der Waals surface area contributed by atoms with Crippen molar-refractivity contribution in [3.8, 4) is 0 Å². The summed E-state index contributed by atoms with van der Waals surface area (Å²) in [6.45, 7) is 6.04. The maximum atomic E-state index is 12.1. The average molecular weight is 340 g/mol. The van der Waals surface area contributed by atoms with Crippen LogP contribution in [0, 0.1) is 5.41 Å². The molecule has 1 aliphatic rings. The Kier molecular flexibility index (Phi) is 4.55. The zero-order valence-electron chi connectivity index (χ0n) is 12.2. The molecule has 2 N–H and O–H groups in total. The Morgan fingerprint density at radius 3 is 2.55 bits per heavy atom. The zero-order chi connectivity index (χ0) is 14.9. The first-order chi connectivity index (χ1) is 9.30. The topological polar surface area (TPSA) is 49.3 Å². The number of halogens is 1. The molecular weight excluding hydrogens is 318 g/mol. The summed E-state index contributed by atoms with van der Waals surface area (Å²) in [5, 5.41) is 12.7. The molecule has 1 aromatic carbocycles. The van der Waals surface area contributed by atoms with E-state index in [1.54, 1.807) is 0 Å². The molecule has 0 saturated heterocycles. The third-order valence-corrected chi connectivity index (χ3v) is 5.01. The molecule has 0 radical (unpaired) electrons. The van der Waals surface area contributed by atoms with Gasteiger partial charge in [0.1, 0.15) is 0 Å². The van der Waals surface area contributed by atoms with Crippen molar-refractivity contribution in [2.75, 3.05) is 0 Å². The van der Waals surface area contributed by atoms with Crippen LogP contribution in [-0.4, -0.2) is 23.2 Å². The maximum absolute atomic E-state index is 12.1. The van der Waals surface area contributed by atoms with Gasteiger partial charge < -0.3 is 10.4 Å².